The van der Waals surface area contributed by atoms with E-state index in [2.05, 4.69) is 179 Å². The van der Waals surface area contributed by atoms with E-state index >= 15 is 0 Å². The van der Waals surface area contributed by atoms with Crippen molar-refractivity contribution in [2.75, 3.05) is 11.5 Å². The molecule has 0 radical (unpaired) electrons. The standard InChI is InChI=1S/C41H36N4S2/c1-4-14-34(15-5-1)41(35-16-6-2-7-17-35,36-18-8-3-9-19-36)45-38(42-43-44-45)29-33-26-21-30-13-10-11-20-37(30)39(33)31-22-24-32(25-23-31)40-46-27-12-28-47-40/h1-11,13-18,20-26,36,40H,12,19,27-29H2. The fourth-order valence-electron chi connectivity index (χ4n) is 7.32. The first-order valence-electron chi connectivity index (χ1n) is 16.4. The lowest BCUT2D eigenvalue weighted by molar-refractivity contribution is 0.280. The molecule has 1 aliphatic carbocycles. The van der Waals surface area contributed by atoms with Crippen LogP contribution < -0.4 is 0 Å². The van der Waals surface area contributed by atoms with Crippen LogP contribution in [0.5, 0.6) is 0 Å². The minimum absolute atomic E-state index is 0.110. The van der Waals surface area contributed by atoms with Crippen LogP contribution >= 0.6 is 23.5 Å². The number of allylic oxidation sites excluding steroid dienone is 4. The van der Waals surface area contributed by atoms with Gasteiger partial charge in [-0.1, -0.05) is 146 Å². The van der Waals surface area contributed by atoms with Crippen LogP contribution in [-0.4, -0.2) is 31.7 Å². The van der Waals surface area contributed by atoms with Crippen molar-refractivity contribution in [3.63, 3.8) is 0 Å². The van der Waals surface area contributed by atoms with Crippen molar-refractivity contribution < 1.29 is 0 Å². The molecule has 1 saturated heterocycles. The van der Waals surface area contributed by atoms with Gasteiger partial charge in [0.25, 0.3) is 0 Å². The predicted molar refractivity (Wildman–Crippen MR) is 198 cm³/mol. The molecule has 6 heteroatoms. The third-order valence-electron chi connectivity index (χ3n) is 9.48. The number of hydrogen-bond donors (Lipinski definition) is 0. The fourth-order valence-corrected chi connectivity index (χ4v) is 10.2. The molecule has 1 atom stereocenters. The quantitative estimate of drug-likeness (QED) is 0.164. The molecule has 1 fully saturated rings. The molecule has 1 aliphatic heterocycles. The SMILES string of the molecule is C1=CCC(C(c2ccccc2)(c2ccccc2)n2nnnc2Cc2ccc3ccccc3c2-c2ccc(C3SCCCS3)cc2)C=C1. The van der Waals surface area contributed by atoms with Gasteiger partial charge >= 0.3 is 0 Å². The van der Waals surface area contributed by atoms with Crippen LogP contribution in [0, 0.1) is 5.92 Å². The maximum atomic E-state index is 4.83. The maximum absolute atomic E-state index is 4.83. The first-order chi connectivity index (χ1) is 23.3. The number of aromatic nitrogens is 4. The Morgan fingerprint density at radius 2 is 1.43 bits per heavy atom. The minimum Gasteiger partial charge on any atom is -0.214 e. The van der Waals surface area contributed by atoms with E-state index in [1.54, 1.807) is 0 Å². The molecule has 1 unspecified atom stereocenters. The number of benzene rings is 5. The molecule has 47 heavy (non-hydrogen) atoms. The maximum Gasteiger partial charge on any atom is 0.157 e. The predicted octanol–water partition coefficient (Wildman–Crippen LogP) is 9.88. The van der Waals surface area contributed by atoms with Crippen molar-refractivity contribution in [1.82, 2.24) is 20.2 Å². The highest BCUT2D eigenvalue weighted by Crippen LogP contribution is 2.46. The Morgan fingerprint density at radius 1 is 0.723 bits per heavy atom. The lowest BCUT2D eigenvalue weighted by atomic mass is 9.70. The van der Waals surface area contributed by atoms with Crippen LogP contribution in [-0.2, 0) is 12.0 Å². The van der Waals surface area contributed by atoms with Gasteiger partial charge in [-0.05, 0) is 78.9 Å². The first-order valence-corrected chi connectivity index (χ1v) is 18.5. The molecular formula is C41H36N4S2. The fraction of sp³-hybridized carbons (Fsp3) is 0.195. The number of rotatable bonds is 8. The molecule has 0 spiro atoms. The average molecular weight is 649 g/mol. The van der Waals surface area contributed by atoms with E-state index in [4.69, 9.17) is 10.3 Å². The van der Waals surface area contributed by atoms with Crippen molar-refractivity contribution in [3.8, 4) is 11.1 Å². The molecule has 6 aromatic rings. The second-order valence-corrected chi connectivity index (χ2v) is 14.9. The second kappa shape index (κ2) is 13.4. The Morgan fingerprint density at radius 3 is 2.13 bits per heavy atom. The van der Waals surface area contributed by atoms with E-state index in [9.17, 15) is 0 Å². The zero-order valence-corrected chi connectivity index (χ0v) is 27.8. The highest BCUT2D eigenvalue weighted by Gasteiger charge is 2.45. The zero-order chi connectivity index (χ0) is 31.5. The van der Waals surface area contributed by atoms with Crippen LogP contribution in [0.1, 0.15) is 45.5 Å². The van der Waals surface area contributed by atoms with E-state index in [0.717, 1.165) is 23.4 Å². The zero-order valence-electron chi connectivity index (χ0n) is 26.2. The number of fused-ring (bicyclic) bond motifs is 1. The van der Waals surface area contributed by atoms with E-state index in [1.807, 2.05) is 0 Å². The largest absolute Gasteiger partial charge is 0.214 e. The molecule has 2 heterocycles. The Bertz CT molecular complexity index is 1990. The number of hydrogen-bond acceptors (Lipinski definition) is 5. The summed E-state index contributed by atoms with van der Waals surface area (Å²) in [6.45, 7) is 0. The summed E-state index contributed by atoms with van der Waals surface area (Å²) in [5, 5.41) is 16.5. The van der Waals surface area contributed by atoms with Gasteiger partial charge in [0, 0.05) is 12.3 Å². The lowest BCUT2D eigenvalue weighted by Crippen LogP contribution is -2.45. The number of nitrogens with zero attached hydrogens (tertiary/aromatic N) is 4. The van der Waals surface area contributed by atoms with Crippen molar-refractivity contribution in [2.45, 2.75) is 29.4 Å². The topological polar surface area (TPSA) is 43.6 Å². The van der Waals surface area contributed by atoms with Gasteiger partial charge in [-0.25, -0.2) is 4.68 Å². The van der Waals surface area contributed by atoms with Crippen LogP contribution in [0.3, 0.4) is 0 Å². The molecule has 0 saturated carbocycles. The molecule has 232 valence electrons. The van der Waals surface area contributed by atoms with E-state index in [0.29, 0.717) is 11.0 Å². The molecule has 4 nitrogen and oxygen atoms in total. The van der Waals surface area contributed by atoms with Gasteiger partial charge in [0.1, 0.15) is 5.54 Å². The third kappa shape index (κ3) is 5.64. The van der Waals surface area contributed by atoms with Crippen LogP contribution in [0.15, 0.2) is 146 Å². The minimum atomic E-state index is -0.642. The number of tetrazole rings is 1. The smallest absolute Gasteiger partial charge is 0.157 e. The molecule has 0 bridgehead atoms. The summed E-state index contributed by atoms with van der Waals surface area (Å²) in [6, 6.07) is 44.0. The molecule has 2 aliphatic rings. The Labute approximate surface area is 285 Å². The Balaban J connectivity index is 1.28. The van der Waals surface area contributed by atoms with E-state index in [1.165, 1.54) is 51.0 Å². The Hall–Kier alpha value is -4.39. The van der Waals surface area contributed by atoms with Crippen molar-refractivity contribution in [1.29, 1.82) is 0 Å². The normalized spacial score (nSPS) is 16.9. The summed E-state index contributed by atoms with van der Waals surface area (Å²) in [4.78, 5) is 0. The summed E-state index contributed by atoms with van der Waals surface area (Å²) in [5.41, 5.74) is 6.77. The summed E-state index contributed by atoms with van der Waals surface area (Å²) < 4.78 is 2.63. The molecule has 1 aromatic heterocycles. The van der Waals surface area contributed by atoms with Crippen LogP contribution in [0.4, 0.5) is 0 Å². The van der Waals surface area contributed by atoms with Gasteiger partial charge in [-0.15, -0.1) is 28.6 Å². The molecule has 0 amide bonds. The molecular weight excluding hydrogens is 613 g/mol. The van der Waals surface area contributed by atoms with Crippen molar-refractivity contribution in [2.24, 2.45) is 5.92 Å². The Kier molecular flexibility index (Phi) is 8.53. The van der Waals surface area contributed by atoms with Crippen LogP contribution in [0.2, 0.25) is 0 Å². The highest BCUT2D eigenvalue weighted by molar-refractivity contribution is 8.16. The van der Waals surface area contributed by atoms with Gasteiger partial charge in [0.05, 0.1) is 4.58 Å². The first kappa shape index (κ1) is 30.0. The van der Waals surface area contributed by atoms with E-state index in [-0.39, 0.29) is 5.92 Å². The van der Waals surface area contributed by atoms with Gasteiger partial charge in [0.2, 0.25) is 0 Å². The highest BCUT2D eigenvalue weighted by atomic mass is 32.2. The lowest BCUT2D eigenvalue weighted by Gasteiger charge is -2.41. The van der Waals surface area contributed by atoms with Gasteiger partial charge in [0.15, 0.2) is 5.82 Å². The van der Waals surface area contributed by atoms with E-state index < -0.39 is 5.54 Å². The molecule has 5 aromatic carbocycles. The van der Waals surface area contributed by atoms with Gasteiger partial charge in [-0.2, -0.15) is 0 Å². The van der Waals surface area contributed by atoms with Crippen LogP contribution in [0.25, 0.3) is 21.9 Å². The summed E-state index contributed by atoms with van der Waals surface area (Å²) >= 11 is 4.13. The van der Waals surface area contributed by atoms with Gasteiger partial charge < -0.3 is 0 Å². The molecule has 0 N–H and O–H groups in total. The molecule has 8 rings (SSSR count). The van der Waals surface area contributed by atoms with Gasteiger partial charge in [-0.3, -0.25) is 0 Å². The second-order valence-electron chi connectivity index (χ2n) is 12.2. The monoisotopic (exact) mass is 648 g/mol. The van der Waals surface area contributed by atoms with Crippen molar-refractivity contribution in [3.05, 3.63) is 174 Å². The summed E-state index contributed by atoms with van der Waals surface area (Å²) in [6.07, 6.45) is 11.6. The average Bonchev–Trinajstić information content (AvgIpc) is 3.62. The summed E-state index contributed by atoms with van der Waals surface area (Å²) in [7, 11) is 0. The number of thioether (sulfide) groups is 2. The van der Waals surface area contributed by atoms with Crippen molar-refractivity contribution >= 4 is 34.3 Å². The third-order valence-corrected chi connectivity index (χ3v) is 12.5. The summed E-state index contributed by atoms with van der Waals surface area (Å²) in [5.74, 6) is 3.42.